The molecule has 0 aromatic rings. The first-order valence-electron chi connectivity index (χ1n) is 6.27. The van der Waals surface area contributed by atoms with Crippen LogP contribution in [0.4, 0.5) is 0 Å². The number of amides is 1. The predicted octanol–water partition coefficient (Wildman–Crippen LogP) is 0.509. The number of carbonyl (C=O) groups is 1. The van der Waals surface area contributed by atoms with E-state index in [4.69, 9.17) is 5.11 Å². The van der Waals surface area contributed by atoms with Crippen LogP contribution in [-0.4, -0.2) is 36.8 Å². The largest absolute Gasteiger partial charge is 0.396 e. The zero-order valence-corrected chi connectivity index (χ0v) is 10.3. The van der Waals surface area contributed by atoms with Gasteiger partial charge in [-0.25, -0.2) is 0 Å². The van der Waals surface area contributed by atoms with Crippen LogP contribution in [0, 0.1) is 11.8 Å². The maximum atomic E-state index is 11.7. The van der Waals surface area contributed by atoms with Crippen LogP contribution in [0.15, 0.2) is 0 Å². The Morgan fingerprint density at radius 3 is 2.94 bits per heavy atom. The summed E-state index contributed by atoms with van der Waals surface area (Å²) in [5.74, 6) is 0.901. The van der Waals surface area contributed by atoms with Gasteiger partial charge in [-0.15, -0.1) is 0 Å². The molecule has 0 radical (unpaired) electrons. The van der Waals surface area contributed by atoms with Gasteiger partial charge in [0.25, 0.3) is 0 Å². The molecule has 1 saturated heterocycles. The maximum Gasteiger partial charge on any atom is 0.237 e. The van der Waals surface area contributed by atoms with E-state index in [9.17, 15) is 4.79 Å². The molecule has 1 aliphatic heterocycles. The Balaban J connectivity index is 2.10. The van der Waals surface area contributed by atoms with Crippen LogP contribution < -0.4 is 10.6 Å². The molecule has 0 aromatic carbocycles. The highest BCUT2D eigenvalue weighted by Crippen LogP contribution is 2.14. The van der Waals surface area contributed by atoms with Gasteiger partial charge in [-0.1, -0.05) is 13.8 Å². The lowest BCUT2D eigenvalue weighted by Gasteiger charge is -2.15. The Morgan fingerprint density at radius 2 is 2.38 bits per heavy atom. The van der Waals surface area contributed by atoms with Crippen molar-refractivity contribution >= 4 is 5.91 Å². The maximum absolute atomic E-state index is 11.7. The SMILES string of the molecule is CC(CO)CCCNC(=O)C1NCCC1C. The lowest BCUT2D eigenvalue weighted by Crippen LogP contribution is -2.43. The summed E-state index contributed by atoms with van der Waals surface area (Å²) in [6.07, 6.45) is 2.98. The first-order valence-corrected chi connectivity index (χ1v) is 6.27. The Bertz CT molecular complexity index is 221. The summed E-state index contributed by atoms with van der Waals surface area (Å²) < 4.78 is 0. The van der Waals surface area contributed by atoms with E-state index in [1.807, 2.05) is 6.92 Å². The summed E-state index contributed by atoms with van der Waals surface area (Å²) >= 11 is 0. The first-order chi connectivity index (χ1) is 7.65. The Labute approximate surface area is 97.8 Å². The van der Waals surface area contributed by atoms with Crippen LogP contribution in [0.5, 0.6) is 0 Å². The molecular formula is C12H24N2O2. The second-order valence-corrected chi connectivity index (χ2v) is 4.92. The number of nitrogens with one attached hydrogen (secondary N) is 2. The molecule has 16 heavy (non-hydrogen) atoms. The predicted molar refractivity (Wildman–Crippen MR) is 64.1 cm³/mol. The van der Waals surface area contributed by atoms with E-state index in [2.05, 4.69) is 17.6 Å². The molecule has 94 valence electrons. The highest BCUT2D eigenvalue weighted by atomic mass is 16.3. The lowest BCUT2D eigenvalue weighted by atomic mass is 10.0. The molecule has 4 heteroatoms. The summed E-state index contributed by atoms with van der Waals surface area (Å²) in [5, 5.41) is 15.0. The minimum atomic E-state index is -0.00438. The van der Waals surface area contributed by atoms with Crippen LogP contribution in [-0.2, 0) is 4.79 Å². The van der Waals surface area contributed by atoms with Gasteiger partial charge in [0.15, 0.2) is 0 Å². The molecule has 1 amide bonds. The third-order valence-electron chi connectivity index (χ3n) is 3.30. The van der Waals surface area contributed by atoms with E-state index in [0.717, 1.165) is 25.8 Å². The van der Waals surface area contributed by atoms with Gasteiger partial charge in [0.1, 0.15) is 0 Å². The van der Waals surface area contributed by atoms with Gasteiger partial charge in [-0.2, -0.15) is 0 Å². The van der Waals surface area contributed by atoms with Crippen molar-refractivity contribution in [1.29, 1.82) is 0 Å². The quantitative estimate of drug-likeness (QED) is 0.580. The van der Waals surface area contributed by atoms with Crippen molar-refractivity contribution in [2.45, 2.75) is 39.2 Å². The zero-order chi connectivity index (χ0) is 12.0. The zero-order valence-electron chi connectivity index (χ0n) is 10.3. The highest BCUT2D eigenvalue weighted by molar-refractivity contribution is 5.82. The third kappa shape index (κ3) is 4.10. The van der Waals surface area contributed by atoms with E-state index in [0.29, 0.717) is 18.4 Å². The highest BCUT2D eigenvalue weighted by Gasteiger charge is 2.28. The average molecular weight is 228 g/mol. The van der Waals surface area contributed by atoms with Crippen LogP contribution in [0.1, 0.15) is 33.1 Å². The smallest absolute Gasteiger partial charge is 0.237 e. The second kappa shape index (κ2) is 6.86. The first kappa shape index (κ1) is 13.5. The van der Waals surface area contributed by atoms with E-state index >= 15 is 0 Å². The Hall–Kier alpha value is -0.610. The van der Waals surface area contributed by atoms with E-state index in [-0.39, 0.29) is 18.6 Å². The molecule has 0 saturated carbocycles. The van der Waals surface area contributed by atoms with Crippen LogP contribution >= 0.6 is 0 Å². The minimum Gasteiger partial charge on any atom is -0.396 e. The van der Waals surface area contributed by atoms with Crippen molar-refractivity contribution in [2.75, 3.05) is 19.7 Å². The monoisotopic (exact) mass is 228 g/mol. The normalized spacial score (nSPS) is 26.7. The number of hydrogen-bond acceptors (Lipinski definition) is 3. The second-order valence-electron chi connectivity index (χ2n) is 4.92. The van der Waals surface area contributed by atoms with E-state index in [1.54, 1.807) is 0 Å². The van der Waals surface area contributed by atoms with Gasteiger partial charge in [-0.05, 0) is 37.6 Å². The standard InChI is InChI=1S/C12H24N2O2/c1-9(8-15)4-3-6-14-12(16)11-10(2)5-7-13-11/h9-11,13,15H,3-8H2,1-2H3,(H,14,16). The van der Waals surface area contributed by atoms with E-state index in [1.165, 1.54) is 0 Å². The molecule has 1 heterocycles. The number of rotatable bonds is 6. The summed E-state index contributed by atoms with van der Waals surface area (Å²) in [6, 6.07) is -0.00438. The fourth-order valence-corrected chi connectivity index (χ4v) is 2.05. The van der Waals surface area contributed by atoms with Crippen LogP contribution in [0.3, 0.4) is 0 Å². The molecule has 1 rings (SSSR count). The van der Waals surface area contributed by atoms with Crippen molar-refractivity contribution in [1.82, 2.24) is 10.6 Å². The van der Waals surface area contributed by atoms with Crippen molar-refractivity contribution in [3.05, 3.63) is 0 Å². The topological polar surface area (TPSA) is 61.4 Å². The molecule has 1 aliphatic rings. The molecule has 4 nitrogen and oxygen atoms in total. The Morgan fingerprint density at radius 1 is 1.62 bits per heavy atom. The van der Waals surface area contributed by atoms with Gasteiger partial charge in [0, 0.05) is 13.2 Å². The van der Waals surface area contributed by atoms with Gasteiger partial charge in [0.05, 0.1) is 6.04 Å². The van der Waals surface area contributed by atoms with Crippen molar-refractivity contribution in [3.63, 3.8) is 0 Å². The molecule has 1 fully saturated rings. The number of hydrogen-bond donors (Lipinski definition) is 3. The molecule has 3 unspecified atom stereocenters. The molecule has 3 N–H and O–H groups in total. The summed E-state index contributed by atoms with van der Waals surface area (Å²) in [7, 11) is 0. The number of aliphatic hydroxyl groups excluding tert-OH is 1. The molecule has 0 aromatic heterocycles. The summed E-state index contributed by atoms with van der Waals surface area (Å²) in [5.41, 5.74) is 0. The third-order valence-corrected chi connectivity index (χ3v) is 3.30. The molecular weight excluding hydrogens is 204 g/mol. The summed E-state index contributed by atoms with van der Waals surface area (Å²) in [6.45, 7) is 6.02. The van der Waals surface area contributed by atoms with Gasteiger partial charge < -0.3 is 15.7 Å². The Kier molecular flexibility index (Phi) is 5.77. The van der Waals surface area contributed by atoms with Gasteiger partial charge in [-0.3, -0.25) is 4.79 Å². The minimum absolute atomic E-state index is 0.00438. The fourth-order valence-electron chi connectivity index (χ4n) is 2.05. The van der Waals surface area contributed by atoms with Gasteiger partial charge in [0.2, 0.25) is 5.91 Å². The lowest BCUT2D eigenvalue weighted by molar-refractivity contribution is -0.123. The summed E-state index contributed by atoms with van der Waals surface area (Å²) in [4.78, 5) is 11.7. The molecule has 3 atom stereocenters. The fraction of sp³-hybridized carbons (Fsp3) is 0.917. The average Bonchev–Trinajstić information content (AvgIpc) is 2.70. The molecule has 0 spiro atoms. The van der Waals surface area contributed by atoms with Crippen molar-refractivity contribution in [2.24, 2.45) is 11.8 Å². The van der Waals surface area contributed by atoms with Crippen molar-refractivity contribution in [3.8, 4) is 0 Å². The van der Waals surface area contributed by atoms with Crippen LogP contribution in [0.2, 0.25) is 0 Å². The van der Waals surface area contributed by atoms with E-state index < -0.39 is 0 Å². The van der Waals surface area contributed by atoms with Gasteiger partial charge >= 0.3 is 0 Å². The van der Waals surface area contributed by atoms with Crippen LogP contribution in [0.25, 0.3) is 0 Å². The number of carbonyl (C=O) groups excluding carboxylic acids is 1. The molecule has 0 aliphatic carbocycles. The molecule has 0 bridgehead atoms. The number of aliphatic hydroxyl groups is 1. The van der Waals surface area contributed by atoms with Crippen molar-refractivity contribution < 1.29 is 9.90 Å².